The minimum absolute atomic E-state index is 0.539. The minimum atomic E-state index is -0.539. The first-order valence-electron chi connectivity index (χ1n) is 32.2. The number of aromatic nitrogens is 2. The summed E-state index contributed by atoms with van der Waals surface area (Å²) in [7, 11) is 0. The number of para-hydroxylation sites is 3. The Kier molecular flexibility index (Phi) is 12.8. The van der Waals surface area contributed by atoms with Gasteiger partial charge in [0.15, 0.2) is 0 Å². The highest BCUT2D eigenvalue weighted by Crippen LogP contribution is 2.57. The molecule has 18 rings (SSSR count). The van der Waals surface area contributed by atoms with Crippen molar-refractivity contribution in [3.05, 3.63) is 386 Å². The van der Waals surface area contributed by atoms with Crippen molar-refractivity contribution in [2.45, 2.75) is 5.41 Å². The fraction of sp³-hybridized carbons (Fsp3) is 0.0110. The van der Waals surface area contributed by atoms with Crippen LogP contribution in [0.4, 0.5) is 0 Å². The molecule has 0 saturated heterocycles. The molecular formula is C91H60N2. The zero-order valence-corrected chi connectivity index (χ0v) is 51.0. The van der Waals surface area contributed by atoms with Gasteiger partial charge in [-0.3, -0.25) is 0 Å². The monoisotopic (exact) mass is 1180 g/mol. The second-order valence-corrected chi connectivity index (χ2v) is 24.7. The fourth-order valence-corrected chi connectivity index (χ4v) is 15.3. The molecular weight excluding hydrogens is 1120 g/mol. The summed E-state index contributed by atoms with van der Waals surface area (Å²) in [5.41, 5.74) is 31.0. The van der Waals surface area contributed by atoms with E-state index in [1.807, 2.05) is 0 Å². The largest absolute Gasteiger partial charge is 0.309 e. The molecule has 17 aromatic rings. The van der Waals surface area contributed by atoms with E-state index in [0.717, 1.165) is 5.69 Å². The van der Waals surface area contributed by atoms with E-state index in [0.29, 0.717) is 0 Å². The summed E-state index contributed by atoms with van der Waals surface area (Å²) < 4.78 is 4.85. The van der Waals surface area contributed by atoms with Gasteiger partial charge in [0.2, 0.25) is 0 Å². The van der Waals surface area contributed by atoms with Gasteiger partial charge < -0.3 is 9.13 Å². The Balaban J connectivity index is 0.626. The Labute approximate surface area is 541 Å². The molecule has 0 N–H and O–H groups in total. The number of hydrogen-bond donors (Lipinski definition) is 0. The van der Waals surface area contributed by atoms with Gasteiger partial charge in [0.05, 0.1) is 33.2 Å². The molecule has 2 heteroatoms. The van der Waals surface area contributed by atoms with Crippen molar-refractivity contribution in [1.82, 2.24) is 9.13 Å². The van der Waals surface area contributed by atoms with Gasteiger partial charge in [-0.25, -0.2) is 0 Å². The average Bonchev–Trinajstić information content (AvgIpc) is 1.57. The summed E-state index contributed by atoms with van der Waals surface area (Å²) in [4.78, 5) is 0. The van der Waals surface area contributed by atoms with Crippen LogP contribution in [0.3, 0.4) is 0 Å². The number of rotatable bonds is 11. The number of fused-ring (bicyclic) bond motifs is 9. The van der Waals surface area contributed by atoms with E-state index in [1.54, 1.807) is 0 Å². The Bertz CT molecular complexity index is 5650. The first-order valence-corrected chi connectivity index (χ1v) is 32.2. The quantitative estimate of drug-likeness (QED) is 0.122. The van der Waals surface area contributed by atoms with E-state index in [2.05, 4.69) is 373 Å². The van der Waals surface area contributed by atoms with Crippen molar-refractivity contribution < 1.29 is 0 Å². The molecule has 2 nitrogen and oxygen atoms in total. The van der Waals surface area contributed by atoms with E-state index in [4.69, 9.17) is 0 Å². The van der Waals surface area contributed by atoms with Crippen LogP contribution >= 0.6 is 0 Å². The Hall–Kier alpha value is -12.1. The Morgan fingerprint density at radius 1 is 0.183 bits per heavy atom. The summed E-state index contributed by atoms with van der Waals surface area (Å²) >= 11 is 0. The third-order valence-electron chi connectivity index (χ3n) is 19.7. The third kappa shape index (κ3) is 8.94. The molecule has 0 radical (unpaired) electrons. The third-order valence-corrected chi connectivity index (χ3v) is 19.7. The van der Waals surface area contributed by atoms with Crippen molar-refractivity contribution in [3.63, 3.8) is 0 Å². The van der Waals surface area contributed by atoms with Gasteiger partial charge in [-0.15, -0.1) is 0 Å². The van der Waals surface area contributed by atoms with E-state index < -0.39 is 5.41 Å². The standard InChI is InChI=1S/C91H60N2/c1-3-19-61(20-4-1)62-41-45-67(46-42-62)70-23-17-25-74(57-70)91(84-32-12-7-28-78(84)79-29-8-13-33-85(79)91)75-26-18-24-71(58-75)68-47-43-64(44-48-68)63-37-39-65(40-38-63)66-49-53-76(54-50-66)92-87-35-15-10-30-80(87)82-59-72(51-55-89(82)92)73-52-56-90-83(60-73)81-31-11-16-36-88(81)93(90)86-34-14-9-27-77(86)69-21-5-2-6-22-69/h1-60H. The van der Waals surface area contributed by atoms with Crippen LogP contribution in [-0.4, -0.2) is 9.13 Å². The van der Waals surface area contributed by atoms with Crippen molar-refractivity contribution in [3.8, 4) is 100 Å². The van der Waals surface area contributed by atoms with Gasteiger partial charge in [0, 0.05) is 32.8 Å². The lowest BCUT2D eigenvalue weighted by molar-refractivity contribution is 0.769. The van der Waals surface area contributed by atoms with Crippen LogP contribution in [0, 0.1) is 0 Å². The normalized spacial score (nSPS) is 12.4. The molecule has 15 aromatic carbocycles. The van der Waals surface area contributed by atoms with Crippen LogP contribution in [0.5, 0.6) is 0 Å². The lowest BCUT2D eigenvalue weighted by Crippen LogP contribution is -2.28. The molecule has 0 fully saturated rings. The molecule has 434 valence electrons. The maximum absolute atomic E-state index is 2.44. The van der Waals surface area contributed by atoms with Gasteiger partial charge in [-0.2, -0.15) is 0 Å². The van der Waals surface area contributed by atoms with Crippen LogP contribution in [0.15, 0.2) is 364 Å². The summed E-state index contributed by atoms with van der Waals surface area (Å²) in [5, 5.41) is 4.95. The van der Waals surface area contributed by atoms with Crippen molar-refractivity contribution in [2.75, 3.05) is 0 Å². The molecule has 0 saturated carbocycles. The second-order valence-electron chi connectivity index (χ2n) is 24.7. The maximum atomic E-state index is 2.44. The smallest absolute Gasteiger partial charge is 0.0713 e. The minimum Gasteiger partial charge on any atom is -0.309 e. The molecule has 93 heavy (non-hydrogen) atoms. The molecule has 2 aromatic heterocycles. The molecule has 0 spiro atoms. The first-order chi connectivity index (χ1) is 46.1. The number of hydrogen-bond acceptors (Lipinski definition) is 0. The van der Waals surface area contributed by atoms with Crippen LogP contribution in [-0.2, 0) is 5.41 Å². The maximum Gasteiger partial charge on any atom is 0.0713 e. The molecule has 0 amide bonds. The molecule has 0 bridgehead atoms. The Morgan fingerprint density at radius 3 is 1.00 bits per heavy atom. The zero-order valence-electron chi connectivity index (χ0n) is 51.0. The highest BCUT2D eigenvalue weighted by Gasteiger charge is 2.46. The van der Waals surface area contributed by atoms with Gasteiger partial charge in [-0.05, 0) is 172 Å². The van der Waals surface area contributed by atoms with E-state index in [-0.39, 0.29) is 0 Å². The number of benzene rings is 15. The summed E-state index contributed by atoms with van der Waals surface area (Å²) in [5.74, 6) is 0. The summed E-state index contributed by atoms with van der Waals surface area (Å²) in [6.07, 6.45) is 0. The molecule has 2 heterocycles. The molecule has 1 aliphatic rings. The predicted molar refractivity (Wildman–Crippen MR) is 390 cm³/mol. The zero-order chi connectivity index (χ0) is 61.4. The molecule has 0 unspecified atom stereocenters. The Morgan fingerprint density at radius 2 is 0.505 bits per heavy atom. The van der Waals surface area contributed by atoms with Crippen LogP contribution in [0.1, 0.15) is 22.3 Å². The van der Waals surface area contributed by atoms with Gasteiger partial charge in [0.25, 0.3) is 0 Å². The lowest BCUT2D eigenvalue weighted by atomic mass is 9.67. The highest BCUT2D eigenvalue weighted by atomic mass is 15.0. The molecule has 1 aliphatic carbocycles. The van der Waals surface area contributed by atoms with Crippen molar-refractivity contribution in [1.29, 1.82) is 0 Å². The van der Waals surface area contributed by atoms with E-state index in [1.165, 1.54) is 161 Å². The highest BCUT2D eigenvalue weighted by molar-refractivity contribution is 6.13. The predicted octanol–water partition coefficient (Wildman–Crippen LogP) is 23.9. The second kappa shape index (κ2) is 22.1. The fourth-order valence-electron chi connectivity index (χ4n) is 15.3. The molecule has 0 aliphatic heterocycles. The van der Waals surface area contributed by atoms with Gasteiger partial charge >= 0.3 is 0 Å². The van der Waals surface area contributed by atoms with E-state index in [9.17, 15) is 0 Å². The number of nitrogens with zero attached hydrogens (tertiary/aromatic N) is 2. The van der Waals surface area contributed by atoms with Crippen LogP contribution in [0.2, 0.25) is 0 Å². The SMILES string of the molecule is c1ccc(-c2ccc(-c3cccc(C4(c5cccc(-c6ccc(-c7ccc(-c8ccc(-n9c%10ccccc%10c%10cc(-c%11ccc%12c(c%11)c%11ccccc%11n%12-c%11ccccc%11-c%11ccccc%11)ccc%109)cc8)cc7)cc6)c5)c5ccccc5-c5ccccc54)c3)cc2)cc1. The van der Waals surface area contributed by atoms with Crippen molar-refractivity contribution >= 4 is 43.6 Å². The topological polar surface area (TPSA) is 9.86 Å². The average molecular weight is 1180 g/mol. The van der Waals surface area contributed by atoms with Crippen LogP contribution < -0.4 is 0 Å². The van der Waals surface area contributed by atoms with Gasteiger partial charge in [0.1, 0.15) is 0 Å². The first kappa shape index (κ1) is 53.9. The summed E-state index contributed by atoms with van der Waals surface area (Å²) in [6, 6.07) is 134. The lowest BCUT2D eigenvalue weighted by Gasteiger charge is -2.34. The van der Waals surface area contributed by atoms with Crippen LogP contribution in [0.25, 0.3) is 144 Å². The van der Waals surface area contributed by atoms with E-state index >= 15 is 0 Å². The summed E-state index contributed by atoms with van der Waals surface area (Å²) in [6.45, 7) is 0. The van der Waals surface area contributed by atoms with Gasteiger partial charge in [-0.1, -0.05) is 297 Å². The van der Waals surface area contributed by atoms with Crippen molar-refractivity contribution in [2.24, 2.45) is 0 Å². The molecule has 0 atom stereocenters.